The van der Waals surface area contributed by atoms with Gasteiger partial charge >= 0.3 is 0 Å². The van der Waals surface area contributed by atoms with Crippen molar-refractivity contribution in [2.24, 2.45) is 0 Å². The molecule has 4 nitrogen and oxygen atoms in total. The Morgan fingerprint density at radius 2 is 1.75 bits per heavy atom. The highest BCUT2D eigenvalue weighted by Crippen LogP contribution is 2.22. The predicted octanol–water partition coefficient (Wildman–Crippen LogP) is 3.82. The molecule has 0 saturated heterocycles. The molecule has 0 aliphatic rings. The van der Waals surface area contributed by atoms with Gasteiger partial charge in [-0.25, -0.2) is 0 Å². The molecule has 24 heavy (non-hydrogen) atoms. The van der Waals surface area contributed by atoms with Crippen molar-refractivity contribution in [3.8, 4) is 5.75 Å². The van der Waals surface area contributed by atoms with E-state index in [0.29, 0.717) is 10.8 Å². The average molecular weight is 348 g/mol. The van der Waals surface area contributed by atoms with Crippen LogP contribution >= 0.6 is 11.6 Å². The summed E-state index contributed by atoms with van der Waals surface area (Å²) in [5.74, 6) is 0.376. The van der Waals surface area contributed by atoms with E-state index in [2.05, 4.69) is 5.32 Å². The first-order valence-electron chi connectivity index (χ1n) is 7.76. The fraction of sp³-hybridized carbons (Fsp3) is 0.316. The Hall–Kier alpha value is -2.04. The van der Waals surface area contributed by atoms with Gasteiger partial charge in [0.25, 0.3) is 5.91 Å². The van der Waals surface area contributed by atoms with E-state index in [1.165, 1.54) is 0 Å². The van der Waals surface area contributed by atoms with E-state index in [4.69, 9.17) is 16.3 Å². The Bertz CT molecular complexity index is 675. The maximum atomic E-state index is 12.0. The first-order valence-corrected chi connectivity index (χ1v) is 8.14. The lowest BCUT2D eigenvalue weighted by molar-refractivity contribution is -0.123. The Balaban J connectivity index is 1.85. The van der Waals surface area contributed by atoms with Crippen molar-refractivity contribution < 1.29 is 14.6 Å². The minimum atomic E-state index is -0.899. The number of aliphatic hydroxyl groups is 1. The highest BCUT2D eigenvalue weighted by Gasteiger charge is 2.15. The van der Waals surface area contributed by atoms with Crippen LogP contribution in [0.15, 0.2) is 48.5 Å². The second-order valence-electron chi connectivity index (χ2n) is 6.21. The second kappa shape index (κ2) is 7.69. The van der Waals surface area contributed by atoms with Crippen molar-refractivity contribution >= 4 is 17.5 Å². The molecule has 1 atom stereocenters. The summed E-state index contributed by atoms with van der Waals surface area (Å²) in [7, 11) is 0. The molecule has 0 saturated carbocycles. The second-order valence-corrected chi connectivity index (χ2v) is 6.65. The molecule has 0 spiro atoms. The molecule has 0 aromatic heterocycles. The van der Waals surface area contributed by atoms with Gasteiger partial charge in [0.15, 0.2) is 6.61 Å². The summed E-state index contributed by atoms with van der Waals surface area (Å²) in [6.07, 6.45) is 0. The Morgan fingerprint density at radius 1 is 1.17 bits per heavy atom. The van der Waals surface area contributed by atoms with E-state index >= 15 is 0 Å². The van der Waals surface area contributed by atoms with Crippen LogP contribution in [0.3, 0.4) is 0 Å². The average Bonchev–Trinajstić information content (AvgIpc) is 2.53. The van der Waals surface area contributed by atoms with Gasteiger partial charge in [-0.2, -0.15) is 0 Å². The maximum absolute atomic E-state index is 12.0. The highest BCUT2D eigenvalue weighted by atomic mass is 35.5. The van der Waals surface area contributed by atoms with Crippen LogP contribution in [-0.4, -0.2) is 17.6 Å². The Labute approximate surface area is 147 Å². The van der Waals surface area contributed by atoms with Crippen molar-refractivity contribution in [1.29, 1.82) is 0 Å². The fourth-order valence-electron chi connectivity index (χ4n) is 2.23. The molecule has 1 amide bonds. The summed E-state index contributed by atoms with van der Waals surface area (Å²) in [5.41, 5.74) is 0.863. The smallest absolute Gasteiger partial charge is 0.258 e. The summed E-state index contributed by atoms with van der Waals surface area (Å²) in [4.78, 5) is 12.0. The lowest BCUT2D eigenvalue weighted by Gasteiger charge is -2.18. The van der Waals surface area contributed by atoms with E-state index in [1.54, 1.807) is 50.2 Å². The van der Waals surface area contributed by atoms with Gasteiger partial charge in [-0.05, 0) is 56.2 Å². The van der Waals surface area contributed by atoms with Gasteiger partial charge in [-0.3, -0.25) is 4.79 Å². The van der Waals surface area contributed by atoms with Crippen LogP contribution < -0.4 is 10.1 Å². The van der Waals surface area contributed by atoms with Crippen LogP contribution in [0, 0.1) is 0 Å². The highest BCUT2D eigenvalue weighted by molar-refractivity contribution is 6.30. The predicted molar refractivity (Wildman–Crippen MR) is 95.2 cm³/mol. The van der Waals surface area contributed by atoms with E-state index in [9.17, 15) is 9.90 Å². The number of benzene rings is 2. The van der Waals surface area contributed by atoms with Crippen LogP contribution in [-0.2, 0) is 10.4 Å². The van der Waals surface area contributed by atoms with E-state index < -0.39 is 5.60 Å². The SMILES string of the molecule is CC(NC(=O)COc1ccc(C(C)(C)O)cc1)c1ccc(Cl)cc1. The van der Waals surface area contributed by atoms with Gasteiger partial charge in [0.1, 0.15) is 5.75 Å². The summed E-state index contributed by atoms with van der Waals surface area (Å²) in [6.45, 7) is 5.27. The maximum Gasteiger partial charge on any atom is 0.258 e. The third-order valence-corrected chi connectivity index (χ3v) is 3.93. The lowest BCUT2D eigenvalue weighted by Crippen LogP contribution is -2.31. The Kier molecular flexibility index (Phi) is 5.86. The molecule has 0 fully saturated rings. The van der Waals surface area contributed by atoms with Crippen LogP contribution in [0.4, 0.5) is 0 Å². The molecule has 2 aromatic rings. The number of rotatable bonds is 6. The molecule has 0 radical (unpaired) electrons. The number of amides is 1. The number of halogens is 1. The van der Waals surface area contributed by atoms with Gasteiger partial charge in [0, 0.05) is 5.02 Å². The summed E-state index contributed by atoms with van der Waals surface area (Å²) >= 11 is 5.86. The monoisotopic (exact) mass is 347 g/mol. The van der Waals surface area contributed by atoms with Crippen LogP contribution in [0.1, 0.15) is 37.9 Å². The van der Waals surface area contributed by atoms with Gasteiger partial charge in [0.05, 0.1) is 11.6 Å². The molecule has 2 N–H and O–H groups in total. The summed E-state index contributed by atoms with van der Waals surface area (Å²) in [6, 6.07) is 14.3. The minimum absolute atomic E-state index is 0.0696. The molecular formula is C19H22ClNO3. The van der Waals surface area contributed by atoms with E-state index in [0.717, 1.165) is 11.1 Å². The van der Waals surface area contributed by atoms with Crippen molar-refractivity contribution in [1.82, 2.24) is 5.32 Å². The fourth-order valence-corrected chi connectivity index (χ4v) is 2.35. The molecule has 128 valence electrons. The quantitative estimate of drug-likeness (QED) is 0.835. The van der Waals surface area contributed by atoms with Gasteiger partial charge < -0.3 is 15.2 Å². The zero-order chi connectivity index (χ0) is 17.7. The summed E-state index contributed by atoms with van der Waals surface area (Å²) < 4.78 is 5.48. The molecule has 2 aromatic carbocycles. The number of ether oxygens (including phenoxy) is 1. The topological polar surface area (TPSA) is 58.6 Å². The number of carbonyl (C=O) groups is 1. The molecule has 2 rings (SSSR count). The van der Waals surface area contributed by atoms with Gasteiger partial charge in [-0.1, -0.05) is 35.9 Å². The standard InChI is InChI=1S/C19H22ClNO3/c1-13(14-4-8-16(20)9-5-14)21-18(22)12-24-17-10-6-15(7-11-17)19(2,3)23/h4-11,13,23H,12H2,1-3H3,(H,21,22). The van der Waals surface area contributed by atoms with Gasteiger partial charge in [-0.15, -0.1) is 0 Å². The Morgan fingerprint density at radius 3 is 2.29 bits per heavy atom. The van der Waals surface area contributed by atoms with Crippen LogP contribution in [0.5, 0.6) is 5.75 Å². The summed E-state index contributed by atoms with van der Waals surface area (Å²) in [5, 5.41) is 13.4. The normalized spacial score (nSPS) is 12.5. The molecule has 0 heterocycles. The zero-order valence-corrected chi connectivity index (χ0v) is 14.8. The first kappa shape index (κ1) is 18.3. The molecule has 5 heteroatoms. The third kappa shape index (κ3) is 5.25. The third-order valence-electron chi connectivity index (χ3n) is 3.68. The van der Waals surface area contributed by atoms with Crippen LogP contribution in [0.25, 0.3) is 0 Å². The van der Waals surface area contributed by atoms with E-state index in [1.807, 2.05) is 19.1 Å². The largest absolute Gasteiger partial charge is 0.484 e. The minimum Gasteiger partial charge on any atom is -0.484 e. The number of nitrogens with one attached hydrogen (secondary N) is 1. The van der Waals surface area contributed by atoms with Crippen molar-refractivity contribution in [2.75, 3.05) is 6.61 Å². The number of hydrogen-bond acceptors (Lipinski definition) is 3. The molecule has 1 unspecified atom stereocenters. The molecular weight excluding hydrogens is 326 g/mol. The zero-order valence-electron chi connectivity index (χ0n) is 14.0. The van der Waals surface area contributed by atoms with Gasteiger partial charge in [0.2, 0.25) is 0 Å². The molecule has 0 bridgehead atoms. The first-order chi connectivity index (χ1) is 11.3. The van der Waals surface area contributed by atoms with Crippen molar-refractivity contribution in [3.05, 3.63) is 64.7 Å². The number of carbonyl (C=O) groups excluding carboxylic acids is 1. The van der Waals surface area contributed by atoms with Crippen LogP contribution in [0.2, 0.25) is 5.02 Å². The molecule has 0 aliphatic heterocycles. The van der Waals surface area contributed by atoms with Crippen molar-refractivity contribution in [3.63, 3.8) is 0 Å². The van der Waals surface area contributed by atoms with Crippen molar-refractivity contribution in [2.45, 2.75) is 32.4 Å². The molecule has 0 aliphatic carbocycles. The lowest BCUT2D eigenvalue weighted by atomic mass is 9.99. The van der Waals surface area contributed by atoms with E-state index in [-0.39, 0.29) is 18.6 Å². The number of hydrogen-bond donors (Lipinski definition) is 2.